The first-order chi connectivity index (χ1) is 53.6. The summed E-state index contributed by atoms with van der Waals surface area (Å²) in [6, 6.07) is 40.1. The van der Waals surface area contributed by atoms with Crippen molar-refractivity contribution in [2.45, 2.75) is 56.7 Å². The number of aliphatic carboxylic acids is 2. The summed E-state index contributed by atoms with van der Waals surface area (Å²) in [5.74, 6) is -2.02. The molecule has 3 saturated heterocycles. The minimum absolute atomic E-state index is 0.0107. The number of cyclic esters (lactones) is 1. The number of thiophene rings is 4. The number of carboxylic acid groups (broad SMARTS) is 4. The molecule has 41 heteroatoms. The quantitative estimate of drug-likeness (QED) is 0.0101. The standard InChI is InChI=1S/C19H18N2O4S.C17H22N4O2S.C17H21N3O3S.C13H12N2O3S.2C2HF3O2.2CH2O2/c1-23-19(22)24-11-15(12-6-3-2-4-7-12)25-14-8-5-9-16-13(14)10-17(26-16)18(20)21;1-20-17(22)21-6-2-3-11(9-21)10-23-13-5-4-12-7-15(16(18)19)24-14(12)8-13;1-22-17(21)20-6-2-3-11(9-20)10-23-13-5-4-12-7-15(16(18)19)24-14(12)8-13;14-12(15)11-5-7-1-2-8(6-10(7)19-11)18-9-3-4-17-13(9)16;2*3-2(4,5)1(6)7;2*2-1-3/h2-10,15H,11H2,1H3,(H3,20,21);4-5,7-8,11H,2-3,6,9-10H2,1H3,(H3,18,19)(H,20,22);4-5,7-8,11H,2-3,6,9-10H2,1H3,(H3,18,19);1-2,5-6,9H,3-4H2,(H3,14,15);2*(H,6,7);2*1H,(H,2,3). The Morgan fingerprint density at radius 3 is 1.43 bits per heavy atom. The fourth-order valence-corrected chi connectivity index (χ4v) is 14.2. The molecule has 12 rings (SSSR count). The van der Waals surface area contributed by atoms with Gasteiger partial charge in [0.1, 0.15) is 52.9 Å². The number of halogens is 6. The Hall–Kier alpha value is -12.2. The van der Waals surface area contributed by atoms with Crippen LogP contribution in [0.2, 0.25) is 0 Å². The molecule has 0 radical (unpaired) electrons. The van der Waals surface area contributed by atoms with Gasteiger partial charge in [0.15, 0.2) is 12.2 Å². The molecule has 31 nitrogen and oxygen atoms in total. The molecule has 17 N–H and O–H groups in total. The Bertz CT molecular complexity index is 4600. The number of nitrogens with two attached hydrogens (primary N) is 4. The Morgan fingerprint density at radius 2 is 1.02 bits per heavy atom. The normalized spacial score (nSPS) is 14.9. The van der Waals surface area contributed by atoms with Crippen molar-refractivity contribution in [3.05, 3.63) is 152 Å². The number of nitrogen functional groups attached to an aromatic ring is 4. The molecule has 0 saturated carbocycles. The molecule has 5 aromatic carbocycles. The van der Waals surface area contributed by atoms with E-state index < -0.39 is 42.7 Å². The van der Waals surface area contributed by atoms with E-state index in [2.05, 4.69) is 10.1 Å². The maximum atomic E-state index is 11.7. The van der Waals surface area contributed by atoms with Crippen molar-refractivity contribution in [3.63, 3.8) is 0 Å². The molecule has 0 bridgehead atoms. The number of alkyl halides is 6. The second-order valence-electron chi connectivity index (χ2n) is 23.6. The van der Waals surface area contributed by atoms with E-state index in [9.17, 15) is 45.5 Å². The highest BCUT2D eigenvalue weighted by atomic mass is 32.1. The van der Waals surface area contributed by atoms with Crippen molar-refractivity contribution in [3.8, 4) is 23.0 Å². The van der Waals surface area contributed by atoms with Crippen LogP contribution in [0.3, 0.4) is 0 Å². The third kappa shape index (κ3) is 29.5. The topological polar surface area (TPSA) is 509 Å². The first-order valence-corrected chi connectivity index (χ1v) is 36.4. The highest BCUT2D eigenvalue weighted by Crippen LogP contribution is 2.37. The maximum absolute atomic E-state index is 11.7. The fourth-order valence-electron chi connectivity index (χ4n) is 10.4. The monoisotopic (exact) mass is 1660 g/mol. The predicted molar refractivity (Wildman–Crippen MR) is 411 cm³/mol. The van der Waals surface area contributed by atoms with E-state index in [1.54, 1.807) is 11.9 Å². The van der Waals surface area contributed by atoms with Crippen LogP contribution < -0.4 is 47.2 Å². The second kappa shape index (κ2) is 44.6. The molecular formula is C72H79F6N11O20S4. The summed E-state index contributed by atoms with van der Waals surface area (Å²) >= 11 is 5.85. The molecule has 7 heterocycles. The summed E-state index contributed by atoms with van der Waals surface area (Å²) in [6.45, 7) is 4.06. The molecular weight excluding hydrogens is 1580 g/mol. The minimum atomic E-state index is -5.08. The summed E-state index contributed by atoms with van der Waals surface area (Å²) in [7, 11) is 4.33. The molecule has 3 amide bonds. The molecule has 4 unspecified atom stereocenters. The number of carbonyl (C=O) groups is 8. The number of carbonyl (C=O) groups excluding carboxylic acids is 4. The van der Waals surface area contributed by atoms with Crippen molar-refractivity contribution >= 4 is 158 Å². The van der Waals surface area contributed by atoms with E-state index in [0.717, 1.165) is 117 Å². The number of carboxylic acids is 2. The van der Waals surface area contributed by atoms with Crippen LogP contribution in [0.25, 0.3) is 40.3 Å². The summed E-state index contributed by atoms with van der Waals surface area (Å²) < 4.78 is 110. The lowest BCUT2D eigenvalue weighted by atomic mass is 9.99. The van der Waals surface area contributed by atoms with Gasteiger partial charge in [-0.05, 0) is 138 Å². The van der Waals surface area contributed by atoms with Crippen molar-refractivity contribution in [1.82, 2.24) is 15.1 Å². The van der Waals surface area contributed by atoms with E-state index in [1.807, 2.05) is 132 Å². The van der Waals surface area contributed by atoms with E-state index in [4.69, 9.17) is 117 Å². The Morgan fingerprint density at radius 1 is 0.593 bits per heavy atom. The number of amides is 3. The molecule has 4 aromatic heterocycles. The van der Waals surface area contributed by atoms with Gasteiger partial charge < -0.3 is 96.4 Å². The summed E-state index contributed by atoms with van der Waals surface area (Å²) in [6.07, 6.45) is -7.53. The van der Waals surface area contributed by atoms with Crippen molar-refractivity contribution < 1.29 is 123 Å². The number of amidine groups is 4. The first-order valence-electron chi connectivity index (χ1n) is 33.1. The SMILES string of the molecule is CNC(=O)N1CCCC(COc2ccc3cc(C(=N)N)sc3c2)C1.COC(=O)N1CCCC(COc2ccc3cc(C(=N)N)sc3c2)C1.COC(=O)OCC(Oc1cccc2sc(C(=N)N)cc12)c1ccccc1.N=C(N)c1cc2ccc(OC3CCOC3=O)cc2s1.O=C(O)C(F)(F)F.O=C(O)C(F)(F)F.O=CO.O=CO. The number of hydrogen-bond acceptors (Lipinski definition) is 24. The minimum Gasteiger partial charge on any atom is -0.493 e. The van der Waals surface area contributed by atoms with Gasteiger partial charge in [-0.2, -0.15) is 26.3 Å². The number of rotatable bonds is 17. The number of esters is 1. The van der Waals surface area contributed by atoms with Crippen LogP contribution in [-0.2, 0) is 42.9 Å². The van der Waals surface area contributed by atoms with Gasteiger partial charge >= 0.3 is 48.5 Å². The summed E-state index contributed by atoms with van der Waals surface area (Å²) in [5, 5.41) is 64.8. The van der Waals surface area contributed by atoms with Gasteiger partial charge in [-0.3, -0.25) is 31.2 Å². The number of hydrogen-bond donors (Lipinski definition) is 13. The second-order valence-corrected chi connectivity index (χ2v) is 27.9. The zero-order chi connectivity index (χ0) is 83.7. The predicted octanol–water partition coefficient (Wildman–Crippen LogP) is 12.3. The summed E-state index contributed by atoms with van der Waals surface area (Å²) in [5.41, 5.74) is 23.0. The third-order valence-corrected chi connectivity index (χ3v) is 20.1. The number of benzene rings is 5. The van der Waals surface area contributed by atoms with Crippen LogP contribution in [0, 0.1) is 33.5 Å². The van der Waals surface area contributed by atoms with Crippen molar-refractivity contribution in [2.75, 3.05) is 73.9 Å². The molecule has 9 aromatic rings. The van der Waals surface area contributed by atoms with Crippen LogP contribution in [0.5, 0.6) is 23.0 Å². The highest BCUT2D eigenvalue weighted by molar-refractivity contribution is 7.22. The molecule has 0 aliphatic carbocycles. The van der Waals surface area contributed by atoms with Gasteiger partial charge in [-0.15, -0.1) is 45.3 Å². The van der Waals surface area contributed by atoms with E-state index in [-0.39, 0.29) is 61.0 Å². The smallest absolute Gasteiger partial charge is 0.493 e. The molecule has 3 aliphatic rings. The number of ether oxygens (including phenoxy) is 8. The Kier molecular flexibility index (Phi) is 36.0. The summed E-state index contributed by atoms with van der Waals surface area (Å²) in [4.78, 5) is 87.1. The van der Waals surface area contributed by atoms with Gasteiger partial charge in [0.2, 0.25) is 0 Å². The largest absolute Gasteiger partial charge is 0.508 e. The average molecular weight is 1660 g/mol. The lowest BCUT2D eigenvalue weighted by Gasteiger charge is -2.32. The van der Waals surface area contributed by atoms with Gasteiger partial charge in [0.05, 0.1) is 53.5 Å². The van der Waals surface area contributed by atoms with Gasteiger partial charge in [-0.25, -0.2) is 28.8 Å². The van der Waals surface area contributed by atoms with Gasteiger partial charge in [0.25, 0.3) is 12.9 Å². The van der Waals surface area contributed by atoms with Crippen LogP contribution in [0.1, 0.15) is 63.3 Å². The van der Waals surface area contributed by atoms with Crippen LogP contribution in [0.15, 0.2) is 127 Å². The van der Waals surface area contributed by atoms with Gasteiger partial charge in [0, 0.05) is 75.7 Å². The maximum Gasteiger partial charge on any atom is 0.508 e. The van der Waals surface area contributed by atoms with Crippen LogP contribution in [0.4, 0.5) is 40.7 Å². The van der Waals surface area contributed by atoms with Crippen LogP contribution >= 0.6 is 45.3 Å². The molecule has 3 fully saturated rings. The molecule has 3 aliphatic heterocycles. The number of likely N-dealkylation sites (tertiary alicyclic amines) is 2. The van der Waals surface area contributed by atoms with E-state index >= 15 is 0 Å². The molecule has 0 spiro atoms. The number of urea groups is 1. The lowest BCUT2D eigenvalue weighted by Crippen LogP contribution is -2.45. The molecule has 4 atom stereocenters. The van der Waals surface area contributed by atoms with E-state index in [0.29, 0.717) is 61.0 Å². The van der Waals surface area contributed by atoms with E-state index in [1.165, 1.54) is 59.6 Å². The number of nitrogens with one attached hydrogen (secondary N) is 5. The number of fused-ring (bicyclic) bond motifs is 4. The average Bonchev–Trinajstić information content (AvgIpc) is 1.71. The zero-order valence-corrected chi connectivity index (χ0v) is 63.5. The van der Waals surface area contributed by atoms with Crippen molar-refractivity contribution in [2.24, 2.45) is 34.8 Å². The fraction of sp³-hybridized carbons (Fsp3) is 0.306. The van der Waals surface area contributed by atoms with Crippen molar-refractivity contribution in [1.29, 1.82) is 21.6 Å². The first kappa shape index (κ1) is 91.4. The zero-order valence-electron chi connectivity index (χ0n) is 60.2. The third-order valence-electron chi connectivity index (χ3n) is 15.6. The van der Waals surface area contributed by atoms with Gasteiger partial charge in [-0.1, -0.05) is 36.4 Å². The Labute approximate surface area is 655 Å². The lowest BCUT2D eigenvalue weighted by molar-refractivity contribution is -0.193. The Balaban J connectivity index is 0.000000249. The highest BCUT2D eigenvalue weighted by Gasteiger charge is 2.39. The van der Waals surface area contributed by atoms with Crippen LogP contribution in [-0.4, -0.2) is 195 Å². The molecule has 113 heavy (non-hydrogen) atoms. The number of piperidine rings is 2. The number of methoxy groups -OCH3 is 2. The molecule has 608 valence electrons. The number of nitrogens with zero attached hydrogens (tertiary/aromatic N) is 2.